The summed E-state index contributed by atoms with van der Waals surface area (Å²) in [6.45, 7) is 0.289. The second-order valence-electron chi connectivity index (χ2n) is 12.3. The van der Waals surface area contributed by atoms with Crippen LogP contribution in [-0.4, -0.2) is 27.6 Å². The van der Waals surface area contributed by atoms with E-state index in [1.54, 1.807) is 12.1 Å². The fourth-order valence-corrected chi connectivity index (χ4v) is 6.75. The molecule has 9 heteroatoms. The highest BCUT2D eigenvalue weighted by molar-refractivity contribution is 6.13. The van der Waals surface area contributed by atoms with Gasteiger partial charge in [-0.15, -0.1) is 0 Å². The average Bonchev–Trinajstić information content (AvgIpc) is 3.63. The number of amides is 3. The van der Waals surface area contributed by atoms with Gasteiger partial charge in [-0.25, -0.2) is 9.78 Å². The van der Waals surface area contributed by atoms with Gasteiger partial charge in [-0.05, 0) is 42.2 Å². The summed E-state index contributed by atoms with van der Waals surface area (Å²) in [6, 6.07) is 32.6. The van der Waals surface area contributed by atoms with Crippen LogP contribution in [0.25, 0.3) is 11.1 Å². The predicted molar refractivity (Wildman–Crippen MR) is 187 cm³/mol. The van der Waals surface area contributed by atoms with Crippen molar-refractivity contribution in [3.8, 4) is 11.1 Å². The highest BCUT2D eigenvalue weighted by Gasteiger charge is 2.46. The Morgan fingerprint density at radius 3 is 2.32 bits per heavy atom. The molecule has 1 saturated carbocycles. The van der Waals surface area contributed by atoms with Gasteiger partial charge in [-0.2, -0.15) is 0 Å². The fraction of sp³-hybridized carbons (Fsp3) is 0.211. The normalized spacial score (nSPS) is 18.7. The third kappa shape index (κ3) is 6.10. The number of urea groups is 1. The Hall–Kier alpha value is -5.38. The number of aromatic nitrogens is 2. The Bertz CT molecular complexity index is 1900. The number of benzene rings is 4. The third-order valence-corrected chi connectivity index (χ3v) is 9.25. The largest absolute Gasteiger partial charge is 0.453 e. The zero-order chi connectivity index (χ0) is 32.2. The van der Waals surface area contributed by atoms with Crippen LogP contribution in [0.3, 0.4) is 0 Å². The first-order valence-electron chi connectivity index (χ1n) is 16.2. The molecular formula is C38H38N7O2+. The number of nitrogens with one attached hydrogen (secondary N) is 3. The van der Waals surface area contributed by atoms with Crippen LogP contribution in [0.15, 0.2) is 121 Å². The molecule has 0 radical (unpaired) electrons. The molecule has 1 fully saturated rings. The third-order valence-electron chi connectivity index (χ3n) is 9.25. The molecule has 2 heterocycles. The van der Waals surface area contributed by atoms with E-state index in [0.29, 0.717) is 17.1 Å². The van der Waals surface area contributed by atoms with Gasteiger partial charge < -0.3 is 16.0 Å². The minimum absolute atomic E-state index is 0.238. The summed E-state index contributed by atoms with van der Waals surface area (Å²) in [7, 11) is 0. The average molecular weight is 625 g/mol. The Morgan fingerprint density at radius 1 is 0.872 bits per heavy atom. The van der Waals surface area contributed by atoms with E-state index < -0.39 is 6.04 Å². The molecule has 2 atom stereocenters. The van der Waals surface area contributed by atoms with Crippen LogP contribution in [0.5, 0.6) is 0 Å². The van der Waals surface area contributed by atoms with Gasteiger partial charge in [-0.1, -0.05) is 102 Å². The monoisotopic (exact) mass is 624 g/mol. The lowest BCUT2D eigenvalue weighted by Gasteiger charge is -2.31. The first-order valence-corrected chi connectivity index (χ1v) is 16.2. The maximum absolute atomic E-state index is 14.7. The molecule has 1 aliphatic heterocycles. The summed E-state index contributed by atoms with van der Waals surface area (Å²) in [5.74, 6) is -0.134. The molecular weight excluding hydrogens is 586 g/mol. The Balaban J connectivity index is 1.34. The first kappa shape index (κ1) is 30.3. The van der Waals surface area contributed by atoms with E-state index >= 15 is 0 Å². The van der Waals surface area contributed by atoms with Gasteiger partial charge in [0.1, 0.15) is 18.3 Å². The van der Waals surface area contributed by atoms with Gasteiger partial charge in [0.2, 0.25) is 5.91 Å². The molecule has 5 aromatic rings. The van der Waals surface area contributed by atoms with Gasteiger partial charge in [0.05, 0.1) is 23.9 Å². The Labute approximate surface area is 274 Å². The van der Waals surface area contributed by atoms with Crippen molar-refractivity contribution in [3.63, 3.8) is 0 Å². The van der Waals surface area contributed by atoms with Crippen molar-refractivity contribution < 1.29 is 9.59 Å². The summed E-state index contributed by atoms with van der Waals surface area (Å²) in [5, 5.41) is 11.7. The van der Waals surface area contributed by atoms with Gasteiger partial charge in [0, 0.05) is 34.9 Å². The number of aromatic amines is 1. The first-order chi connectivity index (χ1) is 23.0. The number of anilines is 2. The molecule has 47 heavy (non-hydrogen) atoms. The molecule has 0 spiro atoms. The number of nitrogens with two attached hydrogens (primary N) is 1. The SMILES string of the molecule is NC(C(=O)Nc1ccc([N@+]2(Cc3ccccc3-c3ccccc3)N=C(C3CCCCC3)c3ccccc3NC2=O)cc1)c1cnc[nH]1. The van der Waals surface area contributed by atoms with Crippen molar-refractivity contribution in [1.82, 2.24) is 14.6 Å². The van der Waals surface area contributed by atoms with Crippen LogP contribution in [0.4, 0.5) is 21.9 Å². The summed E-state index contributed by atoms with van der Waals surface area (Å²) in [5.41, 5.74) is 13.7. The van der Waals surface area contributed by atoms with E-state index in [1.165, 1.54) is 18.9 Å². The molecule has 5 N–H and O–H groups in total. The van der Waals surface area contributed by atoms with E-state index in [2.05, 4.69) is 50.9 Å². The predicted octanol–water partition coefficient (Wildman–Crippen LogP) is 7.75. The standard InChI is InChI=1S/C38H37N7O2/c39-35(34-23-40-25-41-34)37(46)42-29-19-21-30(22-20-29)45(24-28-15-7-8-16-31(28)26-11-3-1-4-12-26)38(47)43-33-18-10-9-17-32(33)36(44-45)27-13-5-2-6-14-27/h1,3-4,7-12,15-23,25,27,35H,2,5-6,13-14,24,39H2,(H2-,40,41,42,43,44,46,47)/p+1/t35?,45-/m0/s1. The lowest BCUT2D eigenvalue weighted by Crippen LogP contribution is -2.51. The Morgan fingerprint density at radius 2 is 1.57 bits per heavy atom. The molecule has 7 rings (SSSR count). The van der Waals surface area contributed by atoms with Crippen molar-refractivity contribution in [1.29, 1.82) is 0 Å². The lowest BCUT2D eigenvalue weighted by atomic mass is 9.83. The van der Waals surface area contributed by atoms with E-state index in [1.807, 2.05) is 60.7 Å². The topological polar surface area (TPSA) is 125 Å². The fourth-order valence-electron chi connectivity index (χ4n) is 6.75. The maximum atomic E-state index is 14.7. The van der Waals surface area contributed by atoms with Crippen LogP contribution >= 0.6 is 0 Å². The van der Waals surface area contributed by atoms with Gasteiger partial charge in [-0.3, -0.25) is 10.1 Å². The number of imidazole rings is 1. The molecule has 9 nitrogen and oxygen atoms in total. The highest BCUT2D eigenvalue weighted by atomic mass is 16.2. The van der Waals surface area contributed by atoms with E-state index in [-0.39, 0.29) is 29.0 Å². The van der Waals surface area contributed by atoms with Crippen LogP contribution < -0.4 is 21.0 Å². The van der Waals surface area contributed by atoms with Crippen molar-refractivity contribution in [3.05, 3.63) is 132 Å². The number of hydrogen-bond acceptors (Lipinski definition) is 5. The summed E-state index contributed by atoms with van der Waals surface area (Å²) in [4.78, 5) is 34.5. The molecule has 4 aromatic carbocycles. The smallest absolute Gasteiger partial charge is 0.347 e. The van der Waals surface area contributed by atoms with E-state index in [0.717, 1.165) is 59.3 Å². The zero-order valence-electron chi connectivity index (χ0n) is 26.1. The molecule has 3 amide bonds. The number of carbonyl (C=O) groups is 2. The maximum Gasteiger partial charge on any atom is 0.453 e. The van der Waals surface area contributed by atoms with Crippen LogP contribution in [0.2, 0.25) is 0 Å². The number of fused-ring (bicyclic) bond motifs is 1. The lowest BCUT2D eigenvalue weighted by molar-refractivity contribution is -0.117. The highest BCUT2D eigenvalue weighted by Crippen LogP contribution is 2.39. The molecule has 0 saturated heterocycles. The number of H-pyrrole nitrogens is 1. The minimum atomic E-state index is -0.900. The molecule has 1 aromatic heterocycles. The summed E-state index contributed by atoms with van der Waals surface area (Å²) < 4.78 is -0.313. The van der Waals surface area contributed by atoms with Crippen molar-refractivity contribution in [2.24, 2.45) is 16.8 Å². The zero-order valence-corrected chi connectivity index (χ0v) is 26.1. The molecule has 236 valence electrons. The minimum Gasteiger partial charge on any atom is -0.347 e. The second kappa shape index (κ2) is 13.2. The molecule has 1 unspecified atom stereocenters. The number of quaternary nitrogens is 1. The molecule has 0 bridgehead atoms. The van der Waals surface area contributed by atoms with Crippen LogP contribution in [0, 0.1) is 5.92 Å². The van der Waals surface area contributed by atoms with Gasteiger partial charge in [0.15, 0.2) is 5.69 Å². The molecule has 1 aliphatic carbocycles. The van der Waals surface area contributed by atoms with Crippen molar-refractivity contribution in [2.75, 3.05) is 10.6 Å². The Kier molecular flexibility index (Phi) is 8.48. The van der Waals surface area contributed by atoms with Crippen LogP contribution in [-0.2, 0) is 11.3 Å². The number of hydrogen-bond donors (Lipinski definition) is 4. The number of para-hydroxylation sites is 1. The van der Waals surface area contributed by atoms with Crippen molar-refractivity contribution >= 4 is 34.7 Å². The number of carbonyl (C=O) groups excluding carboxylic acids is 2. The van der Waals surface area contributed by atoms with E-state index in [9.17, 15) is 9.59 Å². The number of rotatable bonds is 8. The van der Waals surface area contributed by atoms with Gasteiger partial charge >= 0.3 is 6.03 Å². The van der Waals surface area contributed by atoms with E-state index in [4.69, 9.17) is 10.8 Å². The second-order valence-corrected chi connectivity index (χ2v) is 12.3. The van der Waals surface area contributed by atoms with Crippen LogP contribution in [0.1, 0.15) is 55.0 Å². The van der Waals surface area contributed by atoms with Crippen molar-refractivity contribution in [2.45, 2.75) is 44.7 Å². The number of nitrogens with zero attached hydrogens (tertiary/aromatic N) is 3. The summed E-state index contributed by atoms with van der Waals surface area (Å²) in [6.07, 6.45) is 8.57. The molecule has 2 aliphatic rings. The summed E-state index contributed by atoms with van der Waals surface area (Å²) >= 11 is 0. The van der Waals surface area contributed by atoms with Gasteiger partial charge in [0.25, 0.3) is 0 Å². The quantitative estimate of drug-likeness (QED) is 0.132.